The molecular weight excluding hydrogens is 358 g/mol. The Morgan fingerprint density at radius 1 is 1.14 bits per heavy atom. The summed E-state index contributed by atoms with van der Waals surface area (Å²) in [6.45, 7) is 6.56. The number of anilines is 1. The monoisotopic (exact) mass is 387 g/mol. The number of methoxy groups -OCH3 is 1. The van der Waals surface area contributed by atoms with E-state index in [2.05, 4.69) is 47.2 Å². The summed E-state index contributed by atoms with van der Waals surface area (Å²) in [4.78, 5) is 33.4. The Bertz CT molecular complexity index is 765. The number of amides is 3. The van der Waals surface area contributed by atoms with Gasteiger partial charge in [0.1, 0.15) is 18.5 Å². The minimum atomic E-state index is -0.377. The fourth-order valence-electron chi connectivity index (χ4n) is 4.69. The average molecular weight is 387 g/mol. The topological polar surface area (TPSA) is 68.4 Å². The van der Waals surface area contributed by atoms with E-state index in [4.69, 9.17) is 4.74 Å². The van der Waals surface area contributed by atoms with Crippen molar-refractivity contribution >= 4 is 17.6 Å². The molecule has 3 unspecified atom stereocenters. The standard InChI is InChI=1S/C20H29N5O3/c1-13-10-14(2)12-15(11-13)23-6-5-7-24-16-17(21-19(23)24)22(3)20(27)25(18(16)26)8-9-28-4/h10-12,16-17,19,21H,5-9H2,1-4H3. The Morgan fingerprint density at radius 3 is 2.54 bits per heavy atom. The minimum Gasteiger partial charge on any atom is -0.383 e. The number of fused-ring (bicyclic) bond motifs is 3. The predicted octanol–water partition coefficient (Wildman–Crippen LogP) is 0.937. The van der Waals surface area contributed by atoms with Crippen LogP contribution in [0.25, 0.3) is 0 Å². The molecule has 8 heteroatoms. The molecule has 0 aliphatic carbocycles. The first kappa shape index (κ1) is 19.2. The third kappa shape index (κ3) is 3.05. The summed E-state index contributed by atoms with van der Waals surface area (Å²) in [6, 6.07) is 5.88. The average Bonchev–Trinajstić information content (AvgIpc) is 3.05. The Labute approximate surface area is 166 Å². The molecule has 0 aromatic heterocycles. The Hall–Kier alpha value is -2.16. The van der Waals surface area contributed by atoms with Crippen LogP contribution in [0, 0.1) is 13.8 Å². The number of rotatable bonds is 4. The van der Waals surface area contributed by atoms with Crippen LogP contribution in [0.1, 0.15) is 17.5 Å². The lowest BCUT2D eigenvalue weighted by Gasteiger charge is -2.44. The molecule has 0 saturated carbocycles. The van der Waals surface area contributed by atoms with Gasteiger partial charge in [0.05, 0.1) is 13.2 Å². The number of hydrogen-bond acceptors (Lipinski definition) is 6. The second-order valence-corrected chi connectivity index (χ2v) is 7.94. The molecule has 0 spiro atoms. The smallest absolute Gasteiger partial charge is 0.327 e. The summed E-state index contributed by atoms with van der Waals surface area (Å²) < 4.78 is 5.09. The molecular formula is C20H29N5O3. The van der Waals surface area contributed by atoms with Crippen molar-refractivity contribution in [2.75, 3.05) is 45.3 Å². The van der Waals surface area contributed by atoms with Crippen LogP contribution in [-0.4, -0.2) is 85.5 Å². The Morgan fingerprint density at radius 2 is 1.86 bits per heavy atom. The fraction of sp³-hybridized carbons (Fsp3) is 0.600. The van der Waals surface area contributed by atoms with Gasteiger partial charge in [0.15, 0.2) is 0 Å². The van der Waals surface area contributed by atoms with E-state index in [0.29, 0.717) is 6.61 Å². The largest absolute Gasteiger partial charge is 0.383 e. The zero-order valence-corrected chi connectivity index (χ0v) is 17.0. The molecule has 1 aromatic rings. The van der Waals surface area contributed by atoms with Crippen molar-refractivity contribution in [2.45, 2.75) is 38.8 Å². The molecule has 1 N–H and O–H groups in total. The molecule has 3 heterocycles. The molecule has 0 bridgehead atoms. The molecule has 3 atom stereocenters. The Kier molecular flexibility index (Phi) is 5.03. The third-order valence-electron chi connectivity index (χ3n) is 5.93. The van der Waals surface area contributed by atoms with Gasteiger partial charge in [-0.05, 0) is 43.5 Å². The van der Waals surface area contributed by atoms with Gasteiger partial charge in [-0.3, -0.25) is 19.9 Å². The van der Waals surface area contributed by atoms with Crippen molar-refractivity contribution in [1.29, 1.82) is 0 Å². The van der Waals surface area contributed by atoms with Gasteiger partial charge in [0, 0.05) is 32.9 Å². The summed E-state index contributed by atoms with van der Waals surface area (Å²) in [5, 5.41) is 3.55. The van der Waals surface area contributed by atoms with E-state index in [-0.39, 0.29) is 37.0 Å². The van der Waals surface area contributed by atoms with E-state index in [1.54, 1.807) is 19.1 Å². The van der Waals surface area contributed by atoms with E-state index >= 15 is 0 Å². The van der Waals surface area contributed by atoms with Crippen molar-refractivity contribution in [1.82, 2.24) is 20.0 Å². The normalized spacial score (nSPS) is 28.0. The molecule has 3 amide bonds. The van der Waals surface area contributed by atoms with Gasteiger partial charge in [-0.15, -0.1) is 0 Å². The first-order valence-corrected chi connectivity index (χ1v) is 9.86. The highest BCUT2D eigenvalue weighted by Crippen LogP contribution is 2.33. The molecule has 1 aromatic carbocycles. The van der Waals surface area contributed by atoms with Crippen molar-refractivity contribution in [3.63, 3.8) is 0 Å². The molecule has 28 heavy (non-hydrogen) atoms. The van der Waals surface area contributed by atoms with E-state index in [9.17, 15) is 9.59 Å². The summed E-state index contributed by atoms with van der Waals surface area (Å²) in [7, 11) is 3.34. The summed E-state index contributed by atoms with van der Waals surface area (Å²) >= 11 is 0. The summed E-state index contributed by atoms with van der Waals surface area (Å²) in [6.07, 6.45) is 0.541. The number of likely N-dealkylation sites (N-methyl/N-ethyl adjacent to an activating group) is 1. The van der Waals surface area contributed by atoms with Gasteiger partial charge >= 0.3 is 6.03 Å². The fourth-order valence-corrected chi connectivity index (χ4v) is 4.69. The molecule has 152 valence electrons. The molecule has 8 nitrogen and oxygen atoms in total. The number of nitrogens with one attached hydrogen (secondary N) is 1. The van der Waals surface area contributed by atoms with E-state index in [0.717, 1.165) is 25.2 Å². The number of imide groups is 1. The first-order chi connectivity index (χ1) is 13.4. The zero-order valence-electron chi connectivity index (χ0n) is 17.0. The van der Waals surface area contributed by atoms with Crippen molar-refractivity contribution in [3.05, 3.63) is 29.3 Å². The lowest BCUT2D eigenvalue weighted by Crippen LogP contribution is -2.66. The highest BCUT2D eigenvalue weighted by atomic mass is 16.5. The van der Waals surface area contributed by atoms with Crippen molar-refractivity contribution < 1.29 is 14.3 Å². The maximum atomic E-state index is 13.2. The predicted molar refractivity (Wildman–Crippen MR) is 106 cm³/mol. The number of benzene rings is 1. The quantitative estimate of drug-likeness (QED) is 0.829. The zero-order chi connectivity index (χ0) is 20.0. The minimum absolute atomic E-state index is 0.105. The highest BCUT2D eigenvalue weighted by molar-refractivity contribution is 6.00. The summed E-state index contributed by atoms with van der Waals surface area (Å²) in [5.74, 6) is -0.137. The Balaban J connectivity index is 1.64. The third-order valence-corrected chi connectivity index (χ3v) is 5.93. The summed E-state index contributed by atoms with van der Waals surface area (Å²) in [5.41, 5.74) is 3.59. The second kappa shape index (κ2) is 7.35. The maximum absolute atomic E-state index is 13.2. The van der Waals surface area contributed by atoms with Gasteiger partial charge in [0.25, 0.3) is 5.91 Å². The van der Waals surface area contributed by atoms with Gasteiger partial charge < -0.3 is 14.5 Å². The van der Waals surface area contributed by atoms with Gasteiger partial charge in [-0.25, -0.2) is 4.79 Å². The van der Waals surface area contributed by atoms with Crippen LogP contribution < -0.4 is 10.2 Å². The SMILES string of the molecule is COCCN1C(=O)C2C(NC3N(c4cc(C)cc(C)c4)CCCN23)N(C)C1=O. The number of carbonyl (C=O) groups is 2. The molecule has 3 fully saturated rings. The van der Waals surface area contributed by atoms with Crippen molar-refractivity contribution in [3.8, 4) is 0 Å². The van der Waals surface area contributed by atoms with Crippen LogP contribution in [0.5, 0.6) is 0 Å². The van der Waals surface area contributed by atoms with Crippen LogP contribution in [-0.2, 0) is 9.53 Å². The molecule has 3 saturated heterocycles. The van der Waals surface area contributed by atoms with Crippen LogP contribution in [0.15, 0.2) is 18.2 Å². The number of carbonyl (C=O) groups excluding carboxylic acids is 2. The van der Waals surface area contributed by atoms with Gasteiger partial charge in [-0.1, -0.05) is 6.07 Å². The van der Waals surface area contributed by atoms with Crippen LogP contribution >= 0.6 is 0 Å². The van der Waals surface area contributed by atoms with Gasteiger partial charge in [-0.2, -0.15) is 0 Å². The lowest BCUT2D eigenvalue weighted by molar-refractivity contribution is -0.139. The molecule has 4 rings (SSSR count). The van der Waals surface area contributed by atoms with E-state index < -0.39 is 0 Å². The van der Waals surface area contributed by atoms with Gasteiger partial charge in [0.2, 0.25) is 0 Å². The lowest BCUT2D eigenvalue weighted by atomic mass is 10.1. The van der Waals surface area contributed by atoms with Crippen LogP contribution in [0.3, 0.4) is 0 Å². The second-order valence-electron chi connectivity index (χ2n) is 7.94. The molecule has 3 aliphatic rings. The number of urea groups is 1. The molecule has 3 aliphatic heterocycles. The first-order valence-electron chi connectivity index (χ1n) is 9.86. The van der Waals surface area contributed by atoms with E-state index in [1.807, 2.05) is 0 Å². The van der Waals surface area contributed by atoms with Crippen LogP contribution in [0.2, 0.25) is 0 Å². The highest BCUT2D eigenvalue weighted by Gasteiger charge is 2.55. The van der Waals surface area contributed by atoms with Crippen molar-refractivity contribution in [2.24, 2.45) is 0 Å². The van der Waals surface area contributed by atoms with Crippen LogP contribution in [0.4, 0.5) is 10.5 Å². The molecule has 0 radical (unpaired) electrons. The number of hydrogen-bond donors (Lipinski definition) is 1. The number of ether oxygens (including phenoxy) is 1. The number of nitrogens with zero attached hydrogens (tertiary/aromatic N) is 4. The maximum Gasteiger partial charge on any atom is 0.327 e. The van der Waals surface area contributed by atoms with E-state index in [1.165, 1.54) is 16.0 Å². The number of aryl methyl sites for hydroxylation is 2.